The summed E-state index contributed by atoms with van der Waals surface area (Å²) < 4.78 is 16.2. The Morgan fingerprint density at radius 2 is 1.57 bits per heavy atom. The second-order valence-electron chi connectivity index (χ2n) is 6.27. The Balaban J connectivity index is 1.68. The van der Waals surface area contributed by atoms with E-state index in [0.29, 0.717) is 16.5 Å². The normalized spacial score (nSPS) is 10.6. The van der Waals surface area contributed by atoms with Gasteiger partial charge in [-0.15, -0.1) is 0 Å². The van der Waals surface area contributed by atoms with Crippen LogP contribution in [0.5, 0.6) is 11.5 Å². The van der Waals surface area contributed by atoms with Crippen LogP contribution in [-0.2, 0) is 0 Å². The monoisotopic (exact) mass is 373 g/mol. The first-order valence-electron chi connectivity index (χ1n) is 8.79. The van der Waals surface area contributed by atoms with E-state index >= 15 is 0 Å². The van der Waals surface area contributed by atoms with E-state index in [0.717, 1.165) is 28.4 Å². The van der Waals surface area contributed by atoms with Crippen molar-refractivity contribution in [2.45, 2.75) is 0 Å². The van der Waals surface area contributed by atoms with E-state index in [9.17, 15) is 4.79 Å². The molecule has 0 fully saturated rings. The molecular weight excluding hydrogens is 354 g/mol. The summed E-state index contributed by atoms with van der Waals surface area (Å²) in [7, 11) is 3.24. The average molecular weight is 373 g/mol. The predicted molar refractivity (Wildman–Crippen MR) is 111 cm³/mol. The van der Waals surface area contributed by atoms with Crippen LogP contribution in [-0.4, -0.2) is 14.2 Å². The van der Waals surface area contributed by atoms with Crippen molar-refractivity contribution in [3.05, 3.63) is 83.2 Å². The zero-order valence-electron chi connectivity index (χ0n) is 15.6. The van der Waals surface area contributed by atoms with Crippen LogP contribution in [0.15, 0.2) is 82.2 Å². The molecule has 3 aromatic carbocycles. The fourth-order valence-corrected chi connectivity index (χ4v) is 3.04. The van der Waals surface area contributed by atoms with Crippen LogP contribution in [0.2, 0.25) is 0 Å². The van der Waals surface area contributed by atoms with Crippen molar-refractivity contribution in [3.63, 3.8) is 0 Å². The van der Waals surface area contributed by atoms with E-state index in [4.69, 9.17) is 13.9 Å². The maximum atomic E-state index is 12.9. The lowest BCUT2D eigenvalue weighted by atomic mass is 10.1. The highest BCUT2D eigenvalue weighted by molar-refractivity contribution is 5.85. The molecule has 4 rings (SSSR count). The van der Waals surface area contributed by atoms with Crippen LogP contribution in [0.4, 0.5) is 11.4 Å². The number of benzene rings is 3. The first-order valence-corrected chi connectivity index (χ1v) is 8.79. The van der Waals surface area contributed by atoms with Gasteiger partial charge in [-0.1, -0.05) is 18.2 Å². The first kappa shape index (κ1) is 17.7. The quantitative estimate of drug-likeness (QED) is 0.520. The molecule has 1 N–H and O–H groups in total. The van der Waals surface area contributed by atoms with Crippen molar-refractivity contribution in [1.82, 2.24) is 0 Å². The molecule has 0 amide bonds. The fourth-order valence-electron chi connectivity index (χ4n) is 3.04. The predicted octanol–water partition coefficient (Wildman–Crippen LogP) is 5.22. The Labute approximate surface area is 162 Å². The molecule has 1 aromatic heterocycles. The van der Waals surface area contributed by atoms with Gasteiger partial charge >= 0.3 is 0 Å². The molecule has 5 nitrogen and oxygen atoms in total. The minimum absolute atomic E-state index is 0.0700. The summed E-state index contributed by atoms with van der Waals surface area (Å²) in [5.41, 5.74) is 3.46. The summed E-state index contributed by atoms with van der Waals surface area (Å²) in [5, 5.41) is 3.83. The van der Waals surface area contributed by atoms with E-state index in [1.807, 2.05) is 60.7 Å². The van der Waals surface area contributed by atoms with Crippen molar-refractivity contribution in [2.24, 2.45) is 0 Å². The SMILES string of the molecule is COc1ccc(-c2coc3cc(Nc4cccc(OC)c4)ccc3c2=O)cc1. The van der Waals surface area contributed by atoms with Gasteiger partial charge < -0.3 is 19.2 Å². The summed E-state index contributed by atoms with van der Waals surface area (Å²) in [4.78, 5) is 12.9. The maximum Gasteiger partial charge on any atom is 0.200 e. The molecule has 5 heteroatoms. The molecule has 0 bridgehead atoms. The lowest BCUT2D eigenvalue weighted by Crippen LogP contribution is -2.05. The third-order valence-corrected chi connectivity index (χ3v) is 4.53. The number of fused-ring (bicyclic) bond motifs is 1. The molecule has 4 aromatic rings. The summed E-state index contributed by atoms with van der Waals surface area (Å²) >= 11 is 0. The third-order valence-electron chi connectivity index (χ3n) is 4.53. The Bertz CT molecular complexity index is 1180. The molecule has 0 atom stereocenters. The first-order chi connectivity index (χ1) is 13.7. The molecule has 0 aliphatic rings. The lowest BCUT2D eigenvalue weighted by molar-refractivity contribution is 0.415. The highest BCUT2D eigenvalue weighted by Gasteiger charge is 2.10. The van der Waals surface area contributed by atoms with E-state index in [1.165, 1.54) is 6.26 Å². The average Bonchev–Trinajstić information content (AvgIpc) is 2.74. The van der Waals surface area contributed by atoms with Crippen molar-refractivity contribution in [2.75, 3.05) is 19.5 Å². The van der Waals surface area contributed by atoms with Crippen LogP contribution in [0.3, 0.4) is 0 Å². The summed E-state index contributed by atoms with van der Waals surface area (Å²) in [6.07, 6.45) is 1.50. The fraction of sp³-hybridized carbons (Fsp3) is 0.0870. The van der Waals surface area contributed by atoms with Crippen molar-refractivity contribution < 1.29 is 13.9 Å². The second kappa shape index (κ2) is 7.48. The van der Waals surface area contributed by atoms with Crippen LogP contribution in [0.25, 0.3) is 22.1 Å². The standard InChI is InChI=1S/C23H19NO4/c1-26-18-9-6-15(7-10-18)21-14-28-22-13-17(8-11-20(22)23(21)25)24-16-4-3-5-19(12-16)27-2/h3-14,24H,1-2H3. The third kappa shape index (κ3) is 3.42. The van der Waals surface area contributed by atoms with Gasteiger partial charge in [0.25, 0.3) is 0 Å². The molecule has 0 aliphatic carbocycles. The summed E-state index contributed by atoms with van der Waals surface area (Å²) in [6, 6.07) is 20.4. The number of hydrogen-bond acceptors (Lipinski definition) is 5. The van der Waals surface area contributed by atoms with Gasteiger partial charge in [-0.2, -0.15) is 0 Å². The van der Waals surface area contributed by atoms with E-state index in [1.54, 1.807) is 20.3 Å². The molecule has 0 unspecified atom stereocenters. The molecule has 0 saturated heterocycles. The van der Waals surface area contributed by atoms with Crippen molar-refractivity contribution >= 4 is 22.3 Å². The van der Waals surface area contributed by atoms with Gasteiger partial charge in [-0.3, -0.25) is 4.79 Å². The number of ether oxygens (including phenoxy) is 2. The maximum absolute atomic E-state index is 12.9. The Morgan fingerprint density at radius 3 is 2.32 bits per heavy atom. The Hall–Kier alpha value is -3.73. The van der Waals surface area contributed by atoms with Crippen LogP contribution >= 0.6 is 0 Å². The van der Waals surface area contributed by atoms with Gasteiger partial charge in [0.05, 0.1) is 25.2 Å². The molecule has 0 saturated carbocycles. The number of nitrogens with one attached hydrogen (secondary N) is 1. The molecule has 0 radical (unpaired) electrons. The zero-order valence-corrected chi connectivity index (χ0v) is 15.6. The molecule has 0 spiro atoms. The minimum Gasteiger partial charge on any atom is -0.497 e. The van der Waals surface area contributed by atoms with Gasteiger partial charge in [0.15, 0.2) is 5.43 Å². The number of methoxy groups -OCH3 is 2. The Morgan fingerprint density at radius 1 is 0.821 bits per heavy atom. The number of anilines is 2. The highest BCUT2D eigenvalue weighted by Crippen LogP contribution is 2.26. The van der Waals surface area contributed by atoms with E-state index < -0.39 is 0 Å². The lowest BCUT2D eigenvalue weighted by Gasteiger charge is -2.09. The van der Waals surface area contributed by atoms with Crippen LogP contribution in [0.1, 0.15) is 0 Å². The molecular formula is C23H19NO4. The summed E-state index contributed by atoms with van der Waals surface area (Å²) in [5.74, 6) is 1.50. The zero-order chi connectivity index (χ0) is 19.5. The van der Waals surface area contributed by atoms with Gasteiger partial charge in [0, 0.05) is 23.5 Å². The molecule has 1 heterocycles. The molecule has 140 valence electrons. The molecule has 0 aliphatic heterocycles. The van der Waals surface area contributed by atoms with E-state index in [2.05, 4.69) is 5.32 Å². The van der Waals surface area contributed by atoms with Gasteiger partial charge in [-0.05, 0) is 42.0 Å². The number of rotatable bonds is 5. The highest BCUT2D eigenvalue weighted by atomic mass is 16.5. The van der Waals surface area contributed by atoms with Crippen LogP contribution < -0.4 is 20.2 Å². The van der Waals surface area contributed by atoms with E-state index in [-0.39, 0.29) is 5.43 Å². The molecule has 28 heavy (non-hydrogen) atoms. The topological polar surface area (TPSA) is 60.7 Å². The number of hydrogen-bond donors (Lipinski definition) is 1. The van der Waals surface area contributed by atoms with Crippen molar-refractivity contribution in [1.29, 1.82) is 0 Å². The largest absolute Gasteiger partial charge is 0.497 e. The van der Waals surface area contributed by atoms with Gasteiger partial charge in [0.2, 0.25) is 0 Å². The van der Waals surface area contributed by atoms with Crippen molar-refractivity contribution in [3.8, 4) is 22.6 Å². The second-order valence-corrected chi connectivity index (χ2v) is 6.27. The van der Waals surface area contributed by atoms with Crippen LogP contribution in [0, 0.1) is 0 Å². The summed E-state index contributed by atoms with van der Waals surface area (Å²) in [6.45, 7) is 0. The van der Waals surface area contributed by atoms with Gasteiger partial charge in [-0.25, -0.2) is 0 Å². The smallest absolute Gasteiger partial charge is 0.200 e. The van der Waals surface area contributed by atoms with Gasteiger partial charge in [0.1, 0.15) is 23.3 Å². The minimum atomic E-state index is -0.0700. The Kier molecular flexibility index (Phi) is 4.72.